The van der Waals surface area contributed by atoms with Crippen molar-refractivity contribution in [2.45, 2.75) is 33.3 Å². The van der Waals surface area contributed by atoms with Gasteiger partial charge in [0.25, 0.3) is 0 Å². The number of anilines is 1. The van der Waals surface area contributed by atoms with Crippen LogP contribution in [0.2, 0.25) is 0 Å². The summed E-state index contributed by atoms with van der Waals surface area (Å²) < 4.78 is 2.45. The summed E-state index contributed by atoms with van der Waals surface area (Å²) in [6.45, 7) is 7.68. The van der Waals surface area contributed by atoms with Gasteiger partial charge < -0.3 is 15.8 Å². The number of rotatable bonds is 5. The van der Waals surface area contributed by atoms with E-state index in [0.29, 0.717) is 22.5 Å². The van der Waals surface area contributed by atoms with Crippen molar-refractivity contribution < 1.29 is 5.11 Å². The second-order valence-electron chi connectivity index (χ2n) is 7.08. The monoisotopic (exact) mass is 415 g/mol. The van der Waals surface area contributed by atoms with Crippen LogP contribution in [0.15, 0.2) is 35.1 Å². The topological polar surface area (TPSA) is 86.3 Å². The summed E-state index contributed by atoms with van der Waals surface area (Å²) in [5.74, 6) is 0. The van der Waals surface area contributed by atoms with Crippen LogP contribution in [0.5, 0.6) is 0 Å². The number of aryl methyl sites for hydroxylation is 1. The van der Waals surface area contributed by atoms with Crippen molar-refractivity contribution in [3.05, 3.63) is 46.2 Å². The number of hydrogen-bond donors (Lipinski definition) is 3. The van der Waals surface area contributed by atoms with Gasteiger partial charge in [0.15, 0.2) is 5.65 Å². The van der Waals surface area contributed by atoms with E-state index in [4.69, 9.17) is 5.41 Å². The normalized spacial score (nSPS) is 11.8. The Labute approximate surface area is 160 Å². The first-order valence-electron chi connectivity index (χ1n) is 8.33. The molecule has 0 atom stereocenters. The Morgan fingerprint density at radius 2 is 2.08 bits per heavy atom. The van der Waals surface area contributed by atoms with E-state index >= 15 is 0 Å². The Morgan fingerprint density at radius 1 is 1.35 bits per heavy atom. The number of hydrogen-bond acceptors (Lipinski definition) is 5. The molecular weight excluding hydrogens is 394 g/mol. The Kier molecular flexibility index (Phi) is 4.86. The maximum atomic E-state index is 9.97. The maximum absolute atomic E-state index is 9.97. The van der Waals surface area contributed by atoms with Crippen LogP contribution in [0.1, 0.15) is 31.9 Å². The molecule has 26 heavy (non-hydrogen) atoms. The lowest BCUT2D eigenvalue weighted by Gasteiger charge is -2.18. The van der Waals surface area contributed by atoms with Crippen molar-refractivity contribution in [1.29, 1.82) is 5.41 Å². The number of halogens is 1. The van der Waals surface area contributed by atoms with Gasteiger partial charge in [0, 0.05) is 17.8 Å². The van der Waals surface area contributed by atoms with E-state index in [1.165, 1.54) is 0 Å². The highest BCUT2D eigenvalue weighted by Crippen LogP contribution is 2.27. The minimum Gasteiger partial charge on any atom is -0.389 e. The molecule has 0 amide bonds. The smallest absolute Gasteiger partial charge is 0.177 e. The maximum Gasteiger partial charge on any atom is 0.177 e. The van der Waals surface area contributed by atoms with Gasteiger partial charge in [-0.2, -0.15) is 5.10 Å². The van der Waals surface area contributed by atoms with Crippen LogP contribution >= 0.6 is 15.9 Å². The predicted octanol–water partition coefficient (Wildman–Crippen LogP) is 4.04. The summed E-state index contributed by atoms with van der Waals surface area (Å²) >= 11 is 3.45. The van der Waals surface area contributed by atoms with E-state index in [-0.39, 0.29) is 0 Å². The zero-order valence-electron chi connectivity index (χ0n) is 15.3. The summed E-state index contributed by atoms with van der Waals surface area (Å²) in [5.41, 5.74) is 5.03. The lowest BCUT2D eigenvalue weighted by Crippen LogP contribution is -2.29. The number of imidazole rings is 1. The van der Waals surface area contributed by atoms with E-state index in [1.807, 2.05) is 31.2 Å². The van der Waals surface area contributed by atoms with Crippen LogP contribution in [-0.2, 0) is 0 Å². The molecular formula is C19H22BrN5O. The Balaban J connectivity index is 2.07. The summed E-state index contributed by atoms with van der Waals surface area (Å²) in [6.07, 6.45) is 1.79. The highest BCUT2D eigenvalue weighted by Gasteiger charge is 2.16. The number of aromatic nitrogens is 3. The molecule has 0 spiro atoms. The van der Waals surface area contributed by atoms with Gasteiger partial charge in [-0.25, -0.2) is 9.50 Å². The molecule has 136 valence electrons. The highest BCUT2D eigenvalue weighted by atomic mass is 79.9. The number of nitrogens with one attached hydrogen (secondary N) is 2. The molecule has 1 aromatic carbocycles. The van der Waals surface area contributed by atoms with Gasteiger partial charge in [-0.15, -0.1) is 0 Å². The Morgan fingerprint density at radius 3 is 2.69 bits per heavy atom. The van der Waals surface area contributed by atoms with Crippen molar-refractivity contribution in [2.24, 2.45) is 0 Å². The van der Waals surface area contributed by atoms with E-state index in [1.54, 1.807) is 31.5 Å². The molecule has 0 fully saturated rings. The number of benzene rings is 1. The van der Waals surface area contributed by atoms with Crippen LogP contribution in [0.4, 0.5) is 5.69 Å². The van der Waals surface area contributed by atoms with Crippen molar-refractivity contribution in [1.82, 2.24) is 14.6 Å². The average molecular weight is 416 g/mol. The zero-order chi connectivity index (χ0) is 19.1. The second-order valence-corrected chi connectivity index (χ2v) is 7.89. The molecule has 7 heteroatoms. The van der Waals surface area contributed by atoms with E-state index in [2.05, 4.69) is 31.3 Å². The van der Waals surface area contributed by atoms with Gasteiger partial charge in [-0.1, -0.05) is 12.1 Å². The largest absolute Gasteiger partial charge is 0.389 e. The van der Waals surface area contributed by atoms with Gasteiger partial charge in [0.1, 0.15) is 4.60 Å². The molecule has 2 heterocycles. The number of fused-ring (bicyclic) bond motifs is 1. The standard InChI is InChI=1S/C19H22BrN5O/c1-11-7-13(5-6-14(11)12(2)21)16-9-22-18-15(23-10-19(3,4)26)8-17(20)24-25(16)18/h5-9,21,23,26H,10H2,1-4H3. The van der Waals surface area contributed by atoms with Gasteiger partial charge >= 0.3 is 0 Å². The third-order valence-electron chi connectivity index (χ3n) is 4.08. The summed E-state index contributed by atoms with van der Waals surface area (Å²) in [4.78, 5) is 4.52. The van der Waals surface area contributed by atoms with E-state index < -0.39 is 5.60 Å². The molecule has 0 radical (unpaired) electrons. The summed E-state index contributed by atoms with van der Waals surface area (Å²) in [5, 5.41) is 25.6. The fourth-order valence-electron chi connectivity index (χ4n) is 2.82. The fraction of sp³-hybridized carbons (Fsp3) is 0.316. The van der Waals surface area contributed by atoms with Gasteiger partial charge in [-0.05, 0) is 66.9 Å². The molecule has 0 saturated heterocycles. The van der Waals surface area contributed by atoms with Crippen molar-refractivity contribution in [2.75, 3.05) is 11.9 Å². The molecule has 0 aliphatic heterocycles. The Hall–Kier alpha value is -2.25. The quantitative estimate of drug-likeness (QED) is 0.548. The first-order valence-corrected chi connectivity index (χ1v) is 9.12. The minimum atomic E-state index is -0.834. The molecule has 3 N–H and O–H groups in total. The number of aliphatic hydroxyl groups is 1. The second kappa shape index (κ2) is 6.81. The molecule has 6 nitrogen and oxygen atoms in total. The molecule has 3 aromatic rings. The van der Waals surface area contributed by atoms with E-state index in [0.717, 1.165) is 28.1 Å². The lowest BCUT2D eigenvalue weighted by atomic mass is 10.0. The molecule has 2 aromatic heterocycles. The zero-order valence-corrected chi connectivity index (χ0v) is 16.8. The van der Waals surface area contributed by atoms with Gasteiger partial charge in [0.05, 0.1) is 23.2 Å². The molecule has 0 bridgehead atoms. The highest BCUT2D eigenvalue weighted by molar-refractivity contribution is 9.10. The predicted molar refractivity (Wildman–Crippen MR) is 108 cm³/mol. The van der Waals surface area contributed by atoms with Crippen LogP contribution in [0, 0.1) is 12.3 Å². The van der Waals surface area contributed by atoms with Crippen molar-refractivity contribution in [3.8, 4) is 11.3 Å². The van der Waals surface area contributed by atoms with E-state index in [9.17, 15) is 5.11 Å². The van der Waals surface area contributed by atoms with Crippen molar-refractivity contribution in [3.63, 3.8) is 0 Å². The molecule has 0 saturated carbocycles. The first-order chi connectivity index (χ1) is 12.2. The summed E-state index contributed by atoms with van der Waals surface area (Å²) in [7, 11) is 0. The third-order valence-corrected chi connectivity index (χ3v) is 4.46. The van der Waals surface area contributed by atoms with Crippen LogP contribution < -0.4 is 5.32 Å². The third kappa shape index (κ3) is 3.78. The SMILES string of the molecule is CC(=N)c1ccc(-c2cnc3c(NCC(C)(C)O)cc(Br)nn23)cc1C. The van der Waals surface area contributed by atoms with Crippen LogP contribution in [-0.4, -0.2) is 37.6 Å². The minimum absolute atomic E-state index is 0.397. The molecule has 0 aliphatic rings. The molecule has 3 rings (SSSR count). The Bertz CT molecular complexity index is 987. The average Bonchev–Trinajstić information content (AvgIpc) is 2.95. The van der Waals surface area contributed by atoms with Gasteiger partial charge in [-0.3, -0.25) is 0 Å². The lowest BCUT2D eigenvalue weighted by molar-refractivity contribution is 0.0945. The van der Waals surface area contributed by atoms with Crippen molar-refractivity contribution >= 4 is 33.0 Å². The molecule has 0 aliphatic carbocycles. The van der Waals surface area contributed by atoms with Crippen LogP contribution in [0.3, 0.4) is 0 Å². The van der Waals surface area contributed by atoms with Crippen LogP contribution in [0.25, 0.3) is 16.9 Å². The molecule has 0 unspecified atom stereocenters. The fourth-order valence-corrected chi connectivity index (χ4v) is 3.21. The van der Waals surface area contributed by atoms with Gasteiger partial charge in [0.2, 0.25) is 0 Å². The number of nitrogens with zero attached hydrogens (tertiary/aromatic N) is 3. The first kappa shape index (κ1) is 18.5. The summed E-state index contributed by atoms with van der Waals surface area (Å²) in [6, 6.07) is 7.84.